The van der Waals surface area contributed by atoms with E-state index in [1.165, 1.54) is 12.8 Å². The summed E-state index contributed by atoms with van der Waals surface area (Å²) in [6.45, 7) is 0. The highest BCUT2D eigenvalue weighted by atomic mass is 35.5. The number of thioether (sulfide) groups is 1. The van der Waals surface area contributed by atoms with Gasteiger partial charge in [-0.1, -0.05) is 11.8 Å². The molecule has 2 fully saturated rings. The lowest BCUT2D eigenvalue weighted by Crippen LogP contribution is -2.13. The summed E-state index contributed by atoms with van der Waals surface area (Å²) in [6, 6.07) is 0. The van der Waals surface area contributed by atoms with E-state index in [0.29, 0.717) is 11.8 Å². The molecule has 7 heteroatoms. The van der Waals surface area contributed by atoms with Gasteiger partial charge >= 0.3 is 0 Å². The van der Waals surface area contributed by atoms with Crippen molar-refractivity contribution in [2.45, 2.75) is 34.7 Å². The van der Waals surface area contributed by atoms with Gasteiger partial charge in [-0.2, -0.15) is 0 Å². The second kappa shape index (κ2) is 3.68. The van der Waals surface area contributed by atoms with Crippen molar-refractivity contribution in [3.05, 3.63) is 5.82 Å². The third kappa shape index (κ3) is 2.00. The molecule has 4 nitrogen and oxygen atoms in total. The Morgan fingerprint density at radius 1 is 1.44 bits per heavy atom. The first-order chi connectivity index (χ1) is 7.58. The first-order valence-corrected chi connectivity index (χ1v) is 7.03. The monoisotopic (exact) mass is 278 g/mol. The summed E-state index contributed by atoms with van der Waals surface area (Å²) in [5.41, 5.74) is 0. The summed E-state index contributed by atoms with van der Waals surface area (Å²) in [7, 11) is 0. The topological polar surface area (TPSA) is 56.7 Å². The van der Waals surface area contributed by atoms with Gasteiger partial charge in [-0.15, -0.1) is 33.4 Å². The number of nitrogens with two attached hydrogens (primary N) is 1. The number of hydrogen-bond acceptors (Lipinski definition) is 4. The van der Waals surface area contributed by atoms with Gasteiger partial charge in [0.25, 0.3) is 0 Å². The second-order valence-electron chi connectivity index (χ2n) is 4.46. The zero-order valence-electron chi connectivity index (χ0n) is 8.57. The quantitative estimate of drug-likeness (QED) is 0.521. The van der Waals surface area contributed by atoms with E-state index in [0.717, 1.165) is 23.2 Å². The fourth-order valence-electron chi connectivity index (χ4n) is 1.63. The van der Waals surface area contributed by atoms with Gasteiger partial charge in [-0.3, -0.25) is 0 Å². The van der Waals surface area contributed by atoms with E-state index in [9.17, 15) is 0 Å². The summed E-state index contributed by atoms with van der Waals surface area (Å²) in [6.07, 6.45) is 3.21. The lowest BCUT2D eigenvalue weighted by atomic mass is 10.4. The predicted octanol–water partition coefficient (Wildman–Crippen LogP) is 2.16. The molecule has 1 atom stereocenters. The molecule has 1 aromatic rings. The van der Waals surface area contributed by atoms with Crippen molar-refractivity contribution >= 4 is 35.0 Å². The third-order valence-corrected chi connectivity index (χ3v) is 5.03. The number of alkyl halides is 2. The van der Waals surface area contributed by atoms with Gasteiger partial charge < -0.3 is 5.84 Å². The Balaban J connectivity index is 1.62. The molecule has 3 rings (SSSR count). The second-order valence-corrected chi connectivity index (χ2v) is 6.99. The molecule has 0 amide bonds. The van der Waals surface area contributed by atoms with Gasteiger partial charge in [0.05, 0.1) is 0 Å². The minimum atomic E-state index is -0.522. The van der Waals surface area contributed by atoms with Crippen LogP contribution in [0.15, 0.2) is 5.16 Å². The van der Waals surface area contributed by atoms with Crippen LogP contribution in [-0.2, 0) is 0 Å². The number of hydrogen-bond donors (Lipinski definition) is 1. The minimum Gasteiger partial charge on any atom is -0.336 e. The van der Waals surface area contributed by atoms with Gasteiger partial charge in [0.2, 0.25) is 5.16 Å². The molecule has 88 valence electrons. The maximum absolute atomic E-state index is 5.96. The van der Waals surface area contributed by atoms with E-state index in [4.69, 9.17) is 29.0 Å². The predicted molar refractivity (Wildman–Crippen MR) is 65.4 cm³/mol. The average molecular weight is 279 g/mol. The molecule has 1 unspecified atom stereocenters. The van der Waals surface area contributed by atoms with Crippen LogP contribution in [0, 0.1) is 5.92 Å². The van der Waals surface area contributed by atoms with Crippen LogP contribution in [0.4, 0.5) is 0 Å². The zero-order valence-corrected chi connectivity index (χ0v) is 10.9. The maximum atomic E-state index is 5.96. The Morgan fingerprint density at radius 3 is 2.69 bits per heavy atom. The van der Waals surface area contributed by atoms with E-state index in [-0.39, 0.29) is 0 Å². The fourth-order valence-corrected chi connectivity index (χ4v) is 3.43. The van der Waals surface area contributed by atoms with E-state index < -0.39 is 4.33 Å². The molecule has 0 aromatic carbocycles. The van der Waals surface area contributed by atoms with Crippen molar-refractivity contribution in [2.24, 2.45) is 5.92 Å². The Labute approximate surface area is 108 Å². The van der Waals surface area contributed by atoms with Crippen LogP contribution in [0.3, 0.4) is 0 Å². The largest absolute Gasteiger partial charge is 0.336 e. The van der Waals surface area contributed by atoms with Gasteiger partial charge in [-0.25, -0.2) is 4.68 Å². The summed E-state index contributed by atoms with van der Waals surface area (Å²) in [5, 5.41) is 8.96. The number of halogens is 2. The SMILES string of the molecule is Nn1c(SCC2CC2(Cl)Cl)nnc1C1CC1. The van der Waals surface area contributed by atoms with Gasteiger partial charge in [0.15, 0.2) is 5.82 Å². The van der Waals surface area contributed by atoms with Crippen molar-refractivity contribution in [2.75, 3.05) is 11.6 Å². The molecule has 2 saturated carbocycles. The first-order valence-electron chi connectivity index (χ1n) is 5.29. The van der Waals surface area contributed by atoms with Gasteiger partial charge in [-0.05, 0) is 19.3 Å². The maximum Gasteiger partial charge on any atom is 0.209 e. The molecule has 2 N–H and O–H groups in total. The van der Waals surface area contributed by atoms with Crippen LogP contribution in [0.2, 0.25) is 0 Å². The molecule has 0 saturated heterocycles. The molecule has 2 aliphatic rings. The van der Waals surface area contributed by atoms with E-state index in [1.807, 2.05) is 0 Å². The lowest BCUT2D eigenvalue weighted by Gasteiger charge is -2.02. The molecule has 16 heavy (non-hydrogen) atoms. The smallest absolute Gasteiger partial charge is 0.209 e. The molecular weight excluding hydrogens is 267 g/mol. The lowest BCUT2D eigenvalue weighted by molar-refractivity contribution is 0.788. The number of rotatable bonds is 4. The van der Waals surface area contributed by atoms with Crippen molar-refractivity contribution in [3.8, 4) is 0 Å². The Morgan fingerprint density at radius 2 is 2.12 bits per heavy atom. The fraction of sp³-hybridized carbons (Fsp3) is 0.778. The van der Waals surface area contributed by atoms with E-state index >= 15 is 0 Å². The van der Waals surface area contributed by atoms with Crippen LogP contribution in [0.1, 0.15) is 31.0 Å². The summed E-state index contributed by atoms with van der Waals surface area (Å²) >= 11 is 13.5. The molecule has 0 aliphatic heterocycles. The van der Waals surface area contributed by atoms with Crippen molar-refractivity contribution in [1.29, 1.82) is 0 Å². The van der Waals surface area contributed by atoms with Crippen molar-refractivity contribution in [3.63, 3.8) is 0 Å². The number of nitrogen functional groups attached to an aromatic ring is 1. The molecule has 2 aliphatic carbocycles. The average Bonchev–Trinajstić information content (AvgIpc) is 3.10. The summed E-state index contributed by atoms with van der Waals surface area (Å²) < 4.78 is 1.08. The van der Waals surface area contributed by atoms with Crippen LogP contribution in [-0.4, -0.2) is 25.0 Å². The Hall–Kier alpha value is -0.130. The molecular formula is C9H12Cl2N4S. The standard InChI is InChI=1S/C9H12Cl2N4S/c10-9(11)3-6(9)4-16-8-14-13-7(15(8)12)5-1-2-5/h5-6H,1-4,12H2. The molecule has 1 heterocycles. The highest BCUT2D eigenvalue weighted by Crippen LogP contribution is 2.54. The van der Waals surface area contributed by atoms with Crippen LogP contribution >= 0.6 is 35.0 Å². The van der Waals surface area contributed by atoms with Crippen LogP contribution in [0.25, 0.3) is 0 Å². The Kier molecular flexibility index (Phi) is 2.53. The Bertz CT molecular complexity index is 416. The van der Waals surface area contributed by atoms with Gasteiger partial charge in [0.1, 0.15) is 4.33 Å². The van der Waals surface area contributed by atoms with E-state index in [2.05, 4.69) is 10.2 Å². The molecule has 1 aromatic heterocycles. The third-order valence-electron chi connectivity index (χ3n) is 3.00. The number of aromatic nitrogens is 3. The zero-order chi connectivity index (χ0) is 11.3. The molecule has 0 spiro atoms. The highest BCUT2D eigenvalue weighted by Gasteiger charge is 2.51. The highest BCUT2D eigenvalue weighted by molar-refractivity contribution is 7.99. The minimum absolute atomic E-state index is 0.349. The van der Waals surface area contributed by atoms with Crippen LogP contribution in [0.5, 0.6) is 0 Å². The van der Waals surface area contributed by atoms with Crippen LogP contribution < -0.4 is 5.84 Å². The molecule has 0 bridgehead atoms. The van der Waals surface area contributed by atoms with Crippen molar-refractivity contribution in [1.82, 2.24) is 14.9 Å². The van der Waals surface area contributed by atoms with E-state index in [1.54, 1.807) is 16.4 Å². The normalized spacial score (nSPS) is 27.0. The first kappa shape index (κ1) is 11.0. The number of nitrogens with zero attached hydrogens (tertiary/aromatic N) is 3. The van der Waals surface area contributed by atoms with Crippen molar-refractivity contribution < 1.29 is 0 Å². The summed E-state index contributed by atoms with van der Waals surface area (Å²) in [5.74, 6) is 8.55. The molecule has 0 radical (unpaired) electrons. The van der Waals surface area contributed by atoms with Gasteiger partial charge in [0, 0.05) is 17.6 Å². The summed E-state index contributed by atoms with van der Waals surface area (Å²) in [4.78, 5) is 0.